The molecule has 1 aliphatic rings. The molecule has 1 aromatic rings. The molecule has 0 aliphatic heterocycles. The summed E-state index contributed by atoms with van der Waals surface area (Å²) >= 11 is 1.40. The van der Waals surface area contributed by atoms with E-state index in [1.807, 2.05) is 5.38 Å². The normalized spacial score (nSPS) is 26.9. The number of nitrogens with one attached hydrogen (secondary N) is 1. The average Bonchev–Trinajstić information content (AvgIpc) is 2.86. The summed E-state index contributed by atoms with van der Waals surface area (Å²) < 4.78 is 9.14. The molecule has 0 bridgehead atoms. The van der Waals surface area contributed by atoms with Crippen LogP contribution in [-0.2, 0) is 11.3 Å². The van der Waals surface area contributed by atoms with Gasteiger partial charge in [-0.05, 0) is 30.8 Å². The standard InChI is InChI=1S/C9H15N3OS/c1-13-9-3-2-7(4-9)10-5-8-6-14-12-11-8/h6-7,9-10H,2-5H2,1H3. The lowest BCUT2D eigenvalue weighted by Gasteiger charge is -2.11. The van der Waals surface area contributed by atoms with Crippen LogP contribution >= 0.6 is 11.5 Å². The van der Waals surface area contributed by atoms with E-state index in [0.717, 1.165) is 18.7 Å². The molecule has 5 heteroatoms. The molecule has 0 spiro atoms. The Morgan fingerprint density at radius 1 is 1.64 bits per heavy atom. The second kappa shape index (κ2) is 4.82. The zero-order valence-corrected chi connectivity index (χ0v) is 9.09. The number of hydrogen-bond acceptors (Lipinski definition) is 5. The summed E-state index contributed by atoms with van der Waals surface area (Å²) in [6.45, 7) is 0.831. The second-order valence-electron chi connectivity index (χ2n) is 3.64. The molecule has 0 radical (unpaired) electrons. The molecule has 2 rings (SSSR count). The Balaban J connectivity index is 1.72. The van der Waals surface area contributed by atoms with Crippen LogP contribution in [0.25, 0.3) is 0 Å². The number of nitrogens with zero attached hydrogens (tertiary/aromatic N) is 2. The molecule has 4 nitrogen and oxygen atoms in total. The predicted octanol–water partition coefficient (Wildman–Crippen LogP) is 1.20. The van der Waals surface area contributed by atoms with Gasteiger partial charge in [0.15, 0.2) is 0 Å². The van der Waals surface area contributed by atoms with Crippen molar-refractivity contribution in [3.63, 3.8) is 0 Å². The van der Waals surface area contributed by atoms with E-state index in [4.69, 9.17) is 4.74 Å². The van der Waals surface area contributed by atoms with Crippen molar-refractivity contribution in [3.05, 3.63) is 11.1 Å². The third-order valence-corrected chi connectivity index (χ3v) is 3.25. The number of hydrogen-bond donors (Lipinski definition) is 1. The molecule has 1 saturated carbocycles. The first kappa shape index (κ1) is 10.0. The zero-order valence-electron chi connectivity index (χ0n) is 8.27. The SMILES string of the molecule is COC1CCC(NCc2csnn2)C1. The van der Waals surface area contributed by atoms with E-state index in [0.29, 0.717) is 12.1 Å². The van der Waals surface area contributed by atoms with Gasteiger partial charge in [0.25, 0.3) is 0 Å². The molecule has 1 aromatic heterocycles. The minimum Gasteiger partial charge on any atom is -0.381 e. The van der Waals surface area contributed by atoms with Crippen LogP contribution < -0.4 is 5.32 Å². The highest BCUT2D eigenvalue weighted by Gasteiger charge is 2.23. The Bertz CT molecular complexity index is 265. The monoisotopic (exact) mass is 213 g/mol. The summed E-state index contributed by atoms with van der Waals surface area (Å²) in [6, 6.07) is 0.585. The molecule has 14 heavy (non-hydrogen) atoms. The lowest BCUT2D eigenvalue weighted by molar-refractivity contribution is 0.107. The lowest BCUT2D eigenvalue weighted by atomic mass is 10.2. The van der Waals surface area contributed by atoms with Crippen LogP contribution in [0.1, 0.15) is 25.0 Å². The predicted molar refractivity (Wildman–Crippen MR) is 55.2 cm³/mol. The van der Waals surface area contributed by atoms with Crippen LogP contribution in [0, 0.1) is 0 Å². The van der Waals surface area contributed by atoms with Crippen molar-refractivity contribution in [1.29, 1.82) is 0 Å². The molecule has 1 heterocycles. The van der Waals surface area contributed by atoms with Gasteiger partial charge in [0.2, 0.25) is 0 Å². The van der Waals surface area contributed by atoms with E-state index in [9.17, 15) is 0 Å². The van der Waals surface area contributed by atoms with Crippen LogP contribution in [0.4, 0.5) is 0 Å². The fourth-order valence-electron chi connectivity index (χ4n) is 1.85. The largest absolute Gasteiger partial charge is 0.381 e. The van der Waals surface area contributed by atoms with Crippen LogP contribution in [0.2, 0.25) is 0 Å². The van der Waals surface area contributed by atoms with Crippen molar-refractivity contribution >= 4 is 11.5 Å². The Kier molecular flexibility index (Phi) is 3.44. The van der Waals surface area contributed by atoms with E-state index >= 15 is 0 Å². The highest BCUT2D eigenvalue weighted by molar-refractivity contribution is 7.03. The third kappa shape index (κ3) is 2.50. The molecule has 0 amide bonds. The van der Waals surface area contributed by atoms with E-state index in [1.54, 1.807) is 7.11 Å². The van der Waals surface area contributed by atoms with Gasteiger partial charge in [-0.25, -0.2) is 0 Å². The fourth-order valence-corrected chi connectivity index (χ4v) is 2.30. The maximum Gasteiger partial charge on any atom is 0.0893 e. The molecule has 0 saturated heterocycles. The first-order valence-electron chi connectivity index (χ1n) is 4.90. The smallest absolute Gasteiger partial charge is 0.0893 e. The number of methoxy groups -OCH3 is 1. The van der Waals surface area contributed by atoms with Crippen molar-refractivity contribution in [2.24, 2.45) is 0 Å². The van der Waals surface area contributed by atoms with Crippen LogP contribution in [-0.4, -0.2) is 28.8 Å². The molecule has 1 fully saturated rings. The highest BCUT2D eigenvalue weighted by Crippen LogP contribution is 2.21. The summed E-state index contributed by atoms with van der Waals surface area (Å²) in [4.78, 5) is 0. The molecule has 0 aromatic carbocycles. The molecular formula is C9H15N3OS. The maximum absolute atomic E-state index is 5.31. The number of ether oxygens (including phenoxy) is 1. The molecule has 1 N–H and O–H groups in total. The topological polar surface area (TPSA) is 47.0 Å². The van der Waals surface area contributed by atoms with E-state index in [-0.39, 0.29) is 0 Å². The fraction of sp³-hybridized carbons (Fsp3) is 0.778. The van der Waals surface area contributed by atoms with E-state index < -0.39 is 0 Å². The minimum atomic E-state index is 0.445. The summed E-state index contributed by atoms with van der Waals surface area (Å²) in [7, 11) is 1.79. The van der Waals surface area contributed by atoms with Gasteiger partial charge in [0.05, 0.1) is 11.8 Å². The van der Waals surface area contributed by atoms with Crippen molar-refractivity contribution in [3.8, 4) is 0 Å². The lowest BCUT2D eigenvalue weighted by Crippen LogP contribution is -2.26. The van der Waals surface area contributed by atoms with Gasteiger partial charge in [-0.2, -0.15) is 0 Å². The van der Waals surface area contributed by atoms with Gasteiger partial charge in [0, 0.05) is 25.1 Å². The maximum atomic E-state index is 5.31. The van der Waals surface area contributed by atoms with Crippen LogP contribution in [0.15, 0.2) is 5.38 Å². The van der Waals surface area contributed by atoms with Crippen molar-refractivity contribution in [2.45, 2.75) is 38.0 Å². The van der Waals surface area contributed by atoms with Gasteiger partial charge in [-0.3, -0.25) is 0 Å². The third-order valence-electron chi connectivity index (χ3n) is 2.69. The Labute approximate surface area is 87.8 Å². The molecule has 1 aliphatic carbocycles. The summed E-state index contributed by atoms with van der Waals surface area (Å²) in [5.41, 5.74) is 1.04. The second-order valence-corrected chi connectivity index (χ2v) is 4.25. The van der Waals surface area contributed by atoms with E-state index in [1.165, 1.54) is 24.4 Å². The quantitative estimate of drug-likeness (QED) is 0.816. The van der Waals surface area contributed by atoms with Crippen LogP contribution in [0.5, 0.6) is 0 Å². The molecular weight excluding hydrogens is 198 g/mol. The van der Waals surface area contributed by atoms with Gasteiger partial charge in [-0.15, -0.1) is 5.10 Å². The first-order chi connectivity index (χ1) is 6.88. The Morgan fingerprint density at radius 3 is 3.21 bits per heavy atom. The molecule has 78 valence electrons. The van der Waals surface area contributed by atoms with Crippen molar-refractivity contribution in [1.82, 2.24) is 14.9 Å². The van der Waals surface area contributed by atoms with Gasteiger partial charge < -0.3 is 10.1 Å². The highest BCUT2D eigenvalue weighted by atomic mass is 32.1. The minimum absolute atomic E-state index is 0.445. The van der Waals surface area contributed by atoms with Crippen molar-refractivity contribution < 1.29 is 4.74 Å². The van der Waals surface area contributed by atoms with Gasteiger partial charge in [0.1, 0.15) is 0 Å². The number of rotatable bonds is 4. The Morgan fingerprint density at radius 2 is 2.57 bits per heavy atom. The summed E-state index contributed by atoms with van der Waals surface area (Å²) in [6.07, 6.45) is 3.94. The van der Waals surface area contributed by atoms with Gasteiger partial charge >= 0.3 is 0 Å². The van der Waals surface area contributed by atoms with Gasteiger partial charge in [-0.1, -0.05) is 4.49 Å². The average molecular weight is 213 g/mol. The Hall–Kier alpha value is -0.520. The molecule has 2 unspecified atom stereocenters. The zero-order chi connectivity index (χ0) is 9.80. The van der Waals surface area contributed by atoms with Crippen LogP contribution in [0.3, 0.4) is 0 Å². The number of aromatic nitrogens is 2. The first-order valence-corrected chi connectivity index (χ1v) is 5.74. The van der Waals surface area contributed by atoms with E-state index in [2.05, 4.69) is 14.9 Å². The molecule has 2 atom stereocenters. The van der Waals surface area contributed by atoms with Crippen molar-refractivity contribution in [2.75, 3.05) is 7.11 Å². The summed E-state index contributed by atoms with van der Waals surface area (Å²) in [5, 5.41) is 9.45. The summed E-state index contributed by atoms with van der Waals surface area (Å²) in [5.74, 6) is 0.